The summed E-state index contributed by atoms with van der Waals surface area (Å²) in [5, 5.41) is 11.9. The van der Waals surface area contributed by atoms with Crippen LogP contribution in [0.25, 0.3) is 0 Å². The number of hydrogen-bond acceptors (Lipinski definition) is 7. The highest BCUT2D eigenvalue weighted by atomic mass is 16.5. The summed E-state index contributed by atoms with van der Waals surface area (Å²) >= 11 is 0. The van der Waals surface area contributed by atoms with Gasteiger partial charge in [-0.05, 0) is 12.1 Å². The summed E-state index contributed by atoms with van der Waals surface area (Å²) < 4.78 is 5.34. The Labute approximate surface area is 133 Å². The number of hydrogen-bond donors (Lipinski definition) is 2. The Morgan fingerprint density at radius 1 is 1.26 bits per heavy atom. The average Bonchev–Trinajstić information content (AvgIpc) is 2.61. The maximum atomic E-state index is 10.7. The van der Waals surface area contributed by atoms with E-state index < -0.39 is 5.97 Å². The lowest BCUT2D eigenvalue weighted by molar-refractivity contribution is 0.0690. The summed E-state index contributed by atoms with van der Waals surface area (Å²) in [7, 11) is 0. The van der Waals surface area contributed by atoms with Crippen molar-refractivity contribution in [2.24, 2.45) is 0 Å². The van der Waals surface area contributed by atoms with Crippen molar-refractivity contribution in [3.8, 4) is 0 Å². The molecular weight excluding hydrogens is 298 g/mol. The second-order valence-corrected chi connectivity index (χ2v) is 5.03. The van der Waals surface area contributed by atoms with Crippen LogP contribution in [0.3, 0.4) is 0 Å². The summed E-state index contributed by atoms with van der Waals surface area (Å²) in [5.41, 5.74) is 0.793. The van der Waals surface area contributed by atoms with Gasteiger partial charge in [-0.3, -0.25) is 0 Å². The molecule has 1 saturated heterocycles. The van der Waals surface area contributed by atoms with Gasteiger partial charge in [-0.25, -0.2) is 19.7 Å². The first-order valence-corrected chi connectivity index (χ1v) is 7.30. The van der Waals surface area contributed by atoms with Gasteiger partial charge in [-0.1, -0.05) is 6.07 Å². The van der Waals surface area contributed by atoms with Crippen LogP contribution in [0, 0.1) is 0 Å². The van der Waals surface area contributed by atoms with Crippen LogP contribution in [0.1, 0.15) is 16.2 Å². The van der Waals surface area contributed by atoms with Crippen molar-refractivity contribution < 1.29 is 14.6 Å². The van der Waals surface area contributed by atoms with E-state index in [4.69, 9.17) is 9.84 Å². The fourth-order valence-corrected chi connectivity index (χ4v) is 2.24. The van der Waals surface area contributed by atoms with Gasteiger partial charge in [0.05, 0.1) is 37.8 Å². The number of nitrogens with zero attached hydrogens (tertiary/aromatic N) is 4. The smallest absolute Gasteiger partial charge is 0.356 e. The molecule has 0 amide bonds. The first-order chi connectivity index (χ1) is 11.2. The molecule has 0 radical (unpaired) electrons. The summed E-state index contributed by atoms with van der Waals surface area (Å²) in [4.78, 5) is 25.4. The van der Waals surface area contributed by atoms with Gasteiger partial charge in [0.2, 0.25) is 0 Å². The molecule has 0 unspecified atom stereocenters. The van der Waals surface area contributed by atoms with Gasteiger partial charge in [0.15, 0.2) is 5.69 Å². The zero-order valence-electron chi connectivity index (χ0n) is 12.5. The van der Waals surface area contributed by atoms with Crippen molar-refractivity contribution in [2.75, 3.05) is 36.5 Å². The molecule has 8 heteroatoms. The Hall–Kier alpha value is -2.74. The summed E-state index contributed by atoms with van der Waals surface area (Å²) in [5.74, 6) is 0.345. The quantitative estimate of drug-likeness (QED) is 0.843. The lowest BCUT2D eigenvalue weighted by Gasteiger charge is -2.28. The zero-order chi connectivity index (χ0) is 16.1. The third-order valence-corrected chi connectivity index (χ3v) is 3.45. The molecule has 0 atom stereocenters. The van der Waals surface area contributed by atoms with Gasteiger partial charge in [0.25, 0.3) is 0 Å². The van der Waals surface area contributed by atoms with E-state index in [9.17, 15) is 4.79 Å². The Kier molecular flexibility index (Phi) is 4.62. The van der Waals surface area contributed by atoms with E-state index >= 15 is 0 Å². The second kappa shape index (κ2) is 7.01. The van der Waals surface area contributed by atoms with Crippen LogP contribution in [0.4, 0.5) is 11.6 Å². The fraction of sp³-hybridized carbons (Fsp3) is 0.333. The predicted molar refractivity (Wildman–Crippen MR) is 83.6 cm³/mol. The van der Waals surface area contributed by atoms with Gasteiger partial charge < -0.3 is 20.1 Å². The standard InChI is InChI=1S/C15H17N5O3/c21-15(22)12-9-18-13(10-16-12)17-8-11-2-1-3-14(19-11)20-4-6-23-7-5-20/h1-3,9-10H,4-8H2,(H,17,18)(H,21,22). The van der Waals surface area contributed by atoms with Crippen LogP contribution in [0.5, 0.6) is 0 Å². The van der Waals surface area contributed by atoms with Crippen LogP contribution in [-0.2, 0) is 11.3 Å². The molecule has 1 aliphatic heterocycles. The molecule has 0 bridgehead atoms. The normalized spacial score (nSPS) is 14.5. The van der Waals surface area contributed by atoms with Crippen molar-refractivity contribution >= 4 is 17.6 Å². The number of rotatable bonds is 5. The van der Waals surface area contributed by atoms with E-state index in [1.54, 1.807) is 0 Å². The number of ether oxygens (including phenoxy) is 1. The number of carboxylic acid groups (broad SMARTS) is 1. The molecule has 23 heavy (non-hydrogen) atoms. The Morgan fingerprint density at radius 2 is 2.09 bits per heavy atom. The number of nitrogens with one attached hydrogen (secondary N) is 1. The van der Waals surface area contributed by atoms with Crippen molar-refractivity contribution in [1.29, 1.82) is 0 Å². The van der Waals surface area contributed by atoms with Crippen molar-refractivity contribution in [3.05, 3.63) is 42.0 Å². The van der Waals surface area contributed by atoms with Crippen LogP contribution < -0.4 is 10.2 Å². The second-order valence-electron chi connectivity index (χ2n) is 5.03. The minimum absolute atomic E-state index is 0.0806. The van der Waals surface area contributed by atoms with E-state index in [-0.39, 0.29) is 5.69 Å². The molecule has 8 nitrogen and oxygen atoms in total. The molecule has 1 aliphatic rings. The number of morpholine rings is 1. The van der Waals surface area contributed by atoms with Gasteiger partial charge in [-0.15, -0.1) is 0 Å². The summed E-state index contributed by atoms with van der Waals surface area (Å²) in [6.45, 7) is 3.60. The number of pyridine rings is 1. The van der Waals surface area contributed by atoms with Crippen molar-refractivity contribution in [2.45, 2.75) is 6.54 Å². The number of aromatic carboxylic acids is 1. The van der Waals surface area contributed by atoms with E-state index in [2.05, 4.69) is 25.2 Å². The highest BCUT2D eigenvalue weighted by Gasteiger charge is 2.12. The van der Waals surface area contributed by atoms with Crippen LogP contribution in [-0.4, -0.2) is 52.3 Å². The number of carboxylic acids is 1. The Balaban J connectivity index is 1.62. The molecule has 0 aliphatic carbocycles. The lowest BCUT2D eigenvalue weighted by atomic mass is 10.3. The topological polar surface area (TPSA) is 100 Å². The van der Waals surface area contributed by atoms with Crippen molar-refractivity contribution in [3.63, 3.8) is 0 Å². The molecule has 3 heterocycles. The first kappa shape index (κ1) is 15.2. The minimum atomic E-state index is -1.09. The van der Waals surface area contributed by atoms with E-state index in [1.807, 2.05) is 18.2 Å². The third kappa shape index (κ3) is 3.92. The SMILES string of the molecule is O=C(O)c1cnc(NCc2cccc(N3CCOCC3)n2)cn1. The van der Waals surface area contributed by atoms with Crippen molar-refractivity contribution in [1.82, 2.24) is 15.0 Å². The molecule has 1 fully saturated rings. The molecule has 2 aromatic heterocycles. The summed E-state index contributed by atoms with van der Waals surface area (Å²) in [6.07, 6.45) is 2.62. The maximum Gasteiger partial charge on any atom is 0.356 e. The monoisotopic (exact) mass is 315 g/mol. The van der Waals surface area contributed by atoms with E-state index in [0.717, 1.165) is 37.8 Å². The van der Waals surface area contributed by atoms with E-state index in [1.165, 1.54) is 12.4 Å². The fourth-order valence-electron chi connectivity index (χ4n) is 2.24. The number of anilines is 2. The highest BCUT2D eigenvalue weighted by molar-refractivity contribution is 5.84. The molecule has 0 aromatic carbocycles. The van der Waals surface area contributed by atoms with Crippen LogP contribution in [0.15, 0.2) is 30.6 Å². The van der Waals surface area contributed by atoms with Gasteiger partial charge in [0, 0.05) is 13.1 Å². The molecule has 3 rings (SSSR count). The maximum absolute atomic E-state index is 10.7. The Morgan fingerprint density at radius 3 is 2.78 bits per heavy atom. The summed E-state index contributed by atoms with van der Waals surface area (Å²) in [6, 6.07) is 5.88. The molecule has 0 spiro atoms. The Bertz CT molecular complexity index is 671. The highest BCUT2D eigenvalue weighted by Crippen LogP contribution is 2.14. The predicted octanol–water partition coefficient (Wildman–Crippen LogP) is 1.02. The van der Waals surface area contributed by atoms with Crippen LogP contribution in [0.2, 0.25) is 0 Å². The molecular formula is C15H17N5O3. The molecule has 120 valence electrons. The number of carbonyl (C=O) groups is 1. The van der Waals surface area contributed by atoms with Gasteiger partial charge in [-0.2, -0.15) is 0 Å². The average molecular weight is 315 g/mol. The van der Waals surface area contributed by atoms with Gasteiger partial charge in [0.1, 0.15) is 11.6 Å². The molecule has 0 saturated carbocycles. The largest absolute Gasteiger partial charge is 0.476 e. The first-order valence-electron chi connectivity index (χ1n) is 7.30. The minimum Gasteiger partial charge on any atom is -0.476 e. The lowest BCUT2D eigenvalue weighted by Crippen LogP contribution is -2.36. The third-order valence-electron chi connectivity index (χ3n) is 3.45. The van der Waals surface area contributed by atoms with E-state index in [0.29, 0.717) is 12.4 Å². The van der Waals surface area contributed by atoms with Crippen LogP contribution >= 0.6 is 0 Å². The molecule has 2 N–H and O–H groups in total. The molecule has 2 aromatic rings. The number of aromatic nitrogens is 3. The zero-order valence-corrected chi connectivity index (χ0v) is 12.5. The van der Waals surface area contributed by atoms with Gasteiger partial charge >= 0.3 is 5.97 Å².